The number of nitrogens with zero attached hydrogens (tertiary/aromatic N) is 3. The maximum atomic E-state index is 10.9. The number of rotatable bonds is 4. The molecule has 4 rings (SSSR count). The van der Waals surface area contributed by atoms with Crippen molar-refractivity contribution in [2.24, 2.45) is 0 Å². The fourth-order valence-corrected chi connectivity index (χ4v) is 4.60. The van der Waals surface area contributed by atoms with E-state index in [9.17, 15) is 5.11 Å². The van der Waals surface area contributed by atoms with Gasteiger partial charge in [-0.05, 0) is 38.1 Å². The third kappa shape index (κ3) is 3.29. The molecule has 0 saturated carbocycles. The van der Waals surface area contributed by atoms with E-state index in [0.29, 0.717) is 10.6 Å². The van der Waals surface area contributed by atoms with Crippen LogP contribution in [0.1, 0.15) is 16.8 Å². The van der Waals surface area contributed by atoms with Crippen molar-refractivity contribution in [1.82, 2.24) is 4.98 Å². The largest absolute Gasteiger partial charge is 0.509 e. The van der Waals surface area contributed by atoms with Crippen LogP contribution < -0.4 is 9.80 Å². The van der Waals surface area contributed by atoms with E-state index in [1.54, 1.807) is 0 Å². The highest BCUT2D eigenvalue weighted by Crippen LogP contribution is 2.39. The van der Waals surface area contributed by atoms with Crippen LogP contribution in [0.15, 0.2) is 60.4 Å². The second-order valence-corrected chi connectivity index (χ2v) is 8.56. The van der Waals surface area contributed by atoms with Gasteiger partial charge in [0.1, 0.15) is 16.6 Å². The molecule has 148 valence electrons. The summed E-state index contributed by atoms with van der Waals surface area (Å²) >= 11 is 1.52. The predicted molar refractivity (Wildman–Crippen MR) is 122 cm³/mol. The van der Waals surface area contributed by atoms with Crippen LogP contribution in [0, 0.1) is 12.3 Å². The van der Waals surface area contributed by atoms with Crippen LogP contribution in [0.25, 0.3) is 16.8 Å². The van der Waals surface area contributed by atoms with E-state index < -0.39 is 0 Å². The van der Waals surface area contributed by atoms with Crippen molar-refractivity contribution in [3.05, 3.63) is 70.2 Å². The van der Waals surface area contributed by atoms with Crippen LogP contribution in [-0.2, 0) is 0 Å². The molecule has 0 bridgehead atoms. The number of aryl methyl sites for hydroxylation is 1. The predicted octanol–water partition coefficient (Wildman–Crippen LogP) is 5.34. The Morgan fingerprint density at radius 2 is 1.72 bits per heavy atom. The van der Waals surface area contributed by atoms with E-state index in [0.717, 1.165) is 27.5 Å². The Hall–Kier alpha value is -3.12. The van der Waals surface area contributed by atoms with Gasteiger partial charge < -0.3 is 14.9 Å². The summed E-state index contributed by atoms with van der Waals surface area (Å²) in [5, 5.41) is 20.4. The molecule has 0 radical (unpaired) electrons. The van der Waals surface area contributed by atoms with Gasteiger partial charge in [0.2, 0.25) is 0 Å². The molecule has 0 spiro atoms. The van der Waals surface area contributed by atoms with E-state index in [4.69, 9.17) is 10.4 Å². The summed E-state index contributed by atoms with van der Waals surface area (Å²) in [4.78, 5) is 9.74. The SMILES string of the molecule is Cc1sc(C2=C(O)C(C)N(c3ccc(N(C)C)cc3)C2=N)nc1-c1ccccc1. The third-order valence-electron chi connectivity index (χ3n) is 5.22. The maximum absolute atomic E-state index is 10.9. The third-order valence-corrected chi connectivity index (χ3v) is 6.21. The van der Waals surface area contributed by atoms with Gasteiger partial charge in [-0.15, -0.1) is 11.3 Å². The Morgan fingerprint density at radius 3 is 2.34 bits per heavy atom. The van der Waals surface area contributed by atoms with Gasteiger partial charge in [-0.1, -0.05) is 30.3 Å². The minimum atomic E-state index is -0.313. The van der Waals surface area contributed by atoms with E-state index >= 15 is 0 Å². The zero-order valence-corrected chi connectivity index (χ0v) is 17.8. The number of benzene rings is 2. The van der Waals surface area contributed by atoms with Gasteiger partial charge in [-0.2, -0.15) is 0 Å². The molecule has 0 amide bonds. The molecular weight excluding hydrogens is 380 g/mol. The van der Waals surface area contributed by atoms with Crippen molar-refractivity contribution >= 4 is 34.1 Å². The van der Waals surface area contributed by atoms with Crippen LogP contribution in [0.4, 0.5) is 11.4 Å². The van der Waals surface area contributed by atoms with Gasteiger partial charge >= 0.3 is 0 Å². The van der Waals surface area contributed by atoms with Crippen molar-refractivity contribution in [3.63, 3.8) is 0 Å². The number of anilines is 2. The van der Waals surface area contributed by atoms with E-state index in [-0.39, 0.29) is 17.6 Å². The Kier molecular flexibility index (Phi) is 4.88. The summed E-state index contributed by atoms with van der Waals surface area (Å²) in [6.45, 7) is 3.94. The normalized spacial score (nSPS) is 16.6. The molecule has 6 heteroatoms. The number of hydrogen-bond acceptors (Lipinski definition) is 5. The number of amidine groups is 1. The maximum Gasteiger partial charge on any atom is 0.139 e. The fourth-order valence-electron chi connectivity index (χ4n) is 3.61. The fraction of sp³-hybridized carbons (Fsp3) is 0.217. The number of aliphatic hydroxyl groups excluding tert-OH is 1. The average Bonchev–Trinajstić information content (AvgIpc) is 3.19. The lowest BCUT2D eigenvalue weighted by Gasteiger charge is -2.25. The van der Waals surface area contributed by atoms with Crippen molar-refractivity contribution < 1.29 is 5.11 Å². The Bertz CT molecular complexity index is 1080. The lowest BCUT2D eigenvalue weighted by atomic mass is 10.1. The van der Waals surface area contributed by atoms with Crippen molar-refractivity contribution in [1.29, 1.82) is 5.41 Å². The van der Waals surface area contributed by atoms with Crippen molar-refractivity contribution in [3.8, 4) is 11.3 Å². The van der Waals surface area contributed by atoms with Crippen LogP contribution in [0.3, 0.4) is 0 Å². The summed E-state index contributed by atoms with van der Waals surface area (Å²) < 4.78 is 0. The molecule has 1 atom stereocenters. The zero-order chi connectivity index (χ0) is 20.7. The molecule has 0 fully saturated rings. The van der Waals surface area contributed by atoms with Gasteiger partial charge in [0.05, 0.1) is 17.3 Å². The lowest BCUT2D eigenvalue weighted by molar-refractivity contribution is 0.384. The van der Waals surface area contributed by atoms with Gasteiger partial charge in [-0.3, -0.25) is 5.41 Å². The first kappa shape index (κ1) is 19.2. The molecule has 1 aromatic heterocycles. The monoisotopic (exact) mass is 404 g/mol. The average molecular weight is 405 g/mol. The summed E-state index contributed by atoms with van der Waals surface area (Å²) in [6, 6.07) is 17.7. The summed E-state index contributed by atoms with van der Waals surface area (Å²) in [7, 11) is 3.99. The highest BCUT2D eigenvalue weighted by molar-refractivity contribution is 7.13. The van der Waals surface area contributed by atoms with E-state index in [2.05, 4.69) is 0 Å². The van der Waals surface area contributed by atoms with Crippen LogP contribution in [0.5, 0.6) is 0 Å². The molecule has 1 aliphatic heterocycles. The first-order valence-electron chi connectivity index (χ1n) is 9.50. The lowest BCUT2D eigenvalue weighted by Crippen LogP contribution is -2.33. The number of thiazole rings is 1. The van der Waals surface area contributed by atoms with Gasteiger partial charge in [0.25, 0.3) is 0 Å². The number of aliphatic hydroxyl groups is 1. The standard InChI is InChI=1S/C23H24N4OS/c1-14-21(28)19(22(24)27(14)18-12-10-17(11-13-18)26(3)4)23-25-20(15(2)29-23)16-8-6-5-7-9-16/h5-14,24,28H,1-4H3. The molecule has 3 aromatic rings. The van der Waals surface area contributed by atoms with Crippen molar-refractivity contribution in [2.75, 3.05) is 23.9 Å². The Labute approximate surface area is 175 Å². The molecule has 1 aliphatic rings. The quantitative estimate of drug-likeness (QED) is 0.616. The van der Waals surface area contributed by atoms with E-state index in [1.807, 2.05) is 92.3 Å². The molecule has 29 heavy (non-hydrogen) atoms. The number of nitrogens with one attached hydrogen (secondary N) is 1. The van der Waals surface area contributed by atoms with E-state index in [1.165, 1.54) is 11.3 Å². The van der Waals surface area contributed by atoms with Crippen molar-refractivity contribution in [2.45, 2.75) is 19.9 Å². The van der Waals surface area contributed by atoms with Crippen LogP contribution in [-0.4, -0.2) is 36.1 Å². The Balaban J connectivity index is 1.70. The molecule has 2 aromatic carbocycles. The zero-order valence-electron chi connectivity index (χ0n) is 17.0. The number of hydrogen-bond donors (Lipinski definition) is 2. The smallest absolute Gasteiger partial charge is 0.139 e. The molecule has 0 aliphatic carbocycles. The molecule has 5 nitrogen and oxygen atoms in total. The van der Waals surface area contributed by atoms with Crippen LogP contribution >= 0.6 is 11.3 Å². The second kappa shape index (κ2) is 7.37. The summed E-state index contributed by atoms with van der Waals surface area (Å²) in [5.41, 5.74) is 4.43. The molecule has 0 saturated heterocycles. The first-order valence-corrected chi connectivity index (χ1v) is 10.3. The molecule has 2 N–H and O–H groups in total. The molecule has 2 heterocycles. The second-order valence-electron chi connectivity index (χ2n) is 7.36. The summed E-state index contributed by atoms with van der Waals surface area (Å²) in [5.74, 6) is 0.473. The minimum absolute atomic E-state index is 0.194. The summed E-state index contributed by atoms with van der Waals surface area (Å²) in [6.07, 6.45) is 0. The first-order chi connectivity index (χ1) is 13.9. The van der Waals surface area contributed by atoms with Gasteiger partial charge in [0.15, 0.2) is 0 Å². The molecule has 1 unspecified atom stereocenters. The topological polar surface area (TPSA) is 63.5 Å². The van der Waals surface area contributed by atoms with Gasteiger partial charge in [0, 0.05) is 35.9 Å². The number of aromatic nitrogens is 1. The highest BCUT2D eigenvalue weighted by Gasteiger charge is 2.37. The minimum Gasteiger partial charge on any atom is -0.509 e. The Morgan fingerprint density at radius 1 is 1.07 bits per heavy atom. The molecular formula is C23H24N4OS. The highest BCUT2D eigenvalue weighted by atomic mass is 32.1. The van der Waals surface area contributed by atoms with Crippen LogP contribution in [0.2, 0.25) is 0 Å². The van der Waals surface area contributed by atoms with Gasteiger partial charge in [-0.25, -0.2) is 4.98 Å².